The van der Waals surface area contributed by atoms with Crippen LogP contribution < -0.4 is 15.4 Å². The molecule has 200 valence electrons. The number of hydrogen-bond donors (Lipinski definition) is 2. The summed E-state index contributed by atoms with van der Waals surface area (Å²) in [5.74, 6) is -0.400. The van der Waals surface area contributed by atoms with Crippen molar-refractivity contribution in [2.45, 2.75) is 59.3 Å². The third-order valence-corrected chi connectivity index (χ3v) is 6.80. The summed E-state index contributed by atoms with van der Waals surface area (Å²) in [6, 6.07) is 15.4. The first-order valence-electron chi connectivity index (χ1n) is 13.0. The summed E-state index contributed by atoms with van der Waals surface area (Å²) in [6.07, 6.45) is 2.13. The Kier molecular flexibility index (Phi) is 8.14. The lowest BCUT2D eigenvalue weighted by Crippen LogP contribution is -2.64. The van der Waals surface area contributed by atoms with Gasteiger partial charge in [-0.2, -0.15) is 0 Å². The number of aryl methyl sites for hydroxylation is 1. The van der Waals surface area contributed by atoms with Gasteiger partial charge in [0, 0.05) is 25.2 Å². The van der Waals surface area contributed by atoms with Gasteiger partial charge in [-0.05, 0) is 38.8 Å². The van der Waals surface area contributed by atoms with E-state index in [0.717, 1.165) is 16.7 Å². The van der Waals surface area contributed by atoms with Crippen molar-refractivity contribution in [1.29, 1.82) is 0 Å². The Bertz CT molecular complexity index is 1320. The quantitative estimate of drug-likeness (QED) is 0.429. The number of hydrogen-bond acceptors (Lipinski definition) is 5. The fraction of sp³-hybridized carbons (Fsp3) is 0.379. The number of amides is 3. The molecule has 4 rings (SSSR count). The van der Waals surface area contributed by atoms with Crippen molar-refractivity contribution in [1.82, 2.24) is 25.1 Å². The van der Waals surface area contributed by atoms with E-state index >= 15 is 0 Å². The van der Waals surface area contributed by atoms with Crippen LogP contribution in [0.5, 0.6) is 5.75 Å². The number of rotatable bonds is 10. The van der Waals surface area contributed by atoms with Crippen molar-refractivity contribution < 1.29 is 19.1 Å². The predicted molar refractivity (Wildman–Crippen MR) is 144 cm³/mol. The van der Waals surface area contributed by atoms with Gasteiger partial charge in [0.25, 0.3) is 11.8 Å². The van der Waals surface area contributed by atoms with Crippen molar-refractivity contribution in [2.75, 3.05) is 13.2 Å². The second-order valence-electron chi connectivity index (χ2n) is 9.69. The summed E-state index contributed by atoms with van der Waals surface area (Å²) in [6.45, 7) is 9.30. The predicted octanol–water partition coefficient (Wildman–Crippen LogP) is 3.46. The molecular weight excluding hydrogens is 482 g/mol. The van der Waals surface area contributed by atoms with Crippen molar-refractivity contribution in [3.63, 3.8) is 0 Å². The molecule has 2 heterocycles. The van der Waals surface area contributed by atoms with E-state index in [0.29, 0.717) is 31.9 Å². The average Bonchev–Trinajstić information content (AvgIpc) is 3.33. The van der Waals surface area contributed by atoms with E-state index in [1.807, 2.05) is 69.3 Å². The molecule has 3 amide bonds. The van der Waals surface area contributed by atoms with Crippen LogP contribution in [0.3, 0.4) is 0 Å². The number of nitrogens with zero attached hydrogens (tertiary/aromatic N) is 3. The number of aromatic nitrogens is 2. The molecule has 1 aromatic heterocycles. The van der Waals surface area contributed by atoms with Gasteiger partial charge < -0.3 is 24.8 Å². The van der Waals surface area contributed by atoms with Crippen LogP contribution in [-0.4, -0.2) is 50.9 Å². The standard InChI is InChI=1S/C29H35N5O4/c1-5-15-34-27(36)25-24(26(35)30-17-22-9-7-8-10-23(22)38-6-2)32-19-33(25)18-29(34,4)28(37)31-16-21-13-11-20(3)12-14-21/h7-14,19H,5-6,15-18H2,1-4H3,(H,30,35)(H,31,37)/t29-/m1/s1. The summed E-state index contributed by atoms with van der Waals surface area (Å²) in [7, 11) is 0. The van der Waals surface area contributed by atoms with Crippen molar-refractivity contribution in [3.05, 3.63) is 82.9 Å². The van der Waals surface area contributed by atoms with Crippen LogP contribution in [0.2, 0.25) is 0 Å². The van der Waals surface area contributed by atoms with E-state index in [1.165, 1.54) is 6.33 Å². The zero-order valence-electron chi connectivity index (χ0n) is 22.4. The van der Waals surface area contributed by atoms with E-state index in [-0.39, 0.29) is 36.3 Å². The Balaban J connectivity index is 1.53. The Morgan fingerprint density at radius 1 is 1.05 bits per heavy atom. The van der Waals surface area contributed by atoms with E-state index < -0.39 is 11.4 Å². The largest absolute Gasteiger partial charge is 0.494 e. The highest BCUT2D eigenvalue weighted by Gasteiger charge is 2.48. The van der Waals surface area contributed by atoms with Crippen LogP contribution in [-0.2, 0) is 24.4 Å². The van der Waals surface area contributed by atoms with Gasteiger partial charge in [-0.1, -0.05) is 55.0 Å². The number of para-hydroxylation sites is 1. The molecule has 0 fully saturated rings. The zero-order chi connectivity index (χ0) is 27.3. The normalized spacial score (nSPS) is 16.6. The molecule has 0 aliphatic carbocycles. The fourth-order valence-corrected chi connectivity index (χ4v) is 4.71. The van der Waals surface area contributed by atoms with Gasteiger partial charge in [0.1, 0.15) is 17.0 Å². The highest BCUT2D eigenvalue weighted by molar-refractivity contribution is 6.07. The SMILES string of the molecule is CCCN1C(=O)c2c(C(=O)NCc3ccccc3OCC)ncn2C[C@]1(C)C(=O)NCc1ccc(C)cc1. The minimum absolute atomic E-state index is 0.0482. The number of nitrogens with one attached hydrogen (secondary N) is 2. The van der Waals surface area contributed by atoms with Gasteiger partial charge in [0.2, 0.25) is 5.91 Å². The van der Waals surface area contributed by atoms with Gasteiger partial charge in [-0.3, -0.25) is 14.4 Å². The average molecular weight is 518 g/mol. The number of carbonyl (C=O) groups excluding carboxylic acids is 3. The first kappa shape index (κ1) is 26.9. The second kappa shape index (κ2) is 11.5. The van der Waals surface area contributed by atoms with Crippen molar-refractivity contribution >= 4 is 17.7 Å². The van der Waals surface area contributed by atoms with E-state index in [2.05, 4.69) is 15.6 Å². The molecule has 9 nitrogen and oxygen atoms in total. The number of ether oxygens (including phenoxy) is 1. The number of carbonyl (C=O) groups is 3. The van der Waals surface area contributed by atoms with E-state index in [9.17, 15) is 14.4 Å². The molecule has 9 heteroatoms. The minimum atomic E-state index is -1.13. The topological polar surface area (TPSA) is 106 Å². The number of benzene rings is 2. The highest BCUT2D eigenvalue weighted by atomic mass is 16.5. The Morgan fingerprint density at radius 3 is 2.50 bits per heavy atom. The van der Waals surface area contributed by atoms with E-state index in [4.69, 9.17) is 4.74 Å². The lowest BCUT2D eigenvalue weighted by Gasteiger charge is -2.43. The summed E-state index contributed by atoms with van der Waals surface area (Å²) < 4.78 is 7.25. The molecule has 38 heavy (non-hydrogen) atoms. The lowest BCUT2D eigenvalue weighted by atomic mass is 9.93. The van der Waals surface area contributed by atoms with E-state index in [1.54, 1.807) is 16.4 Å². The molecule has 2 N–H and O–H groups in total. The van der Waals surface area contributed by atoms with Crippen LogP contribution in [0.25, 0.3) is 0 Å². The summed E-state index contributed by atoms with van der Waals surface area (Å²) in [4.78, 5) is 46.2. The second-order valence-corrected chi connectivity index (χ2v) is 9.69. The smallest absolute Gasteiger partial charge is 0.273 e. The lowest BCUT2D eigenvalue weighted by molar-refractivity contribution is -0.133. The Hall–Kier alpha value is -4.14. The molecular formula is C29H35N5O4. The Labute approximate surface area is 223 Å². The Morgan fingerprint density at radius 2 is 1.79 bits per heavy atom. The molecule has 1 aliphatic rings. The maximum Gasteiger partial charge on any atom is 0.273 e. The maximum absolute atomic E-state index is 13.7. The molecule has 0 saturated heterocycles. The molecule has 0 bridgehead atoms. The maximum atomic E-state index is 13.7. The number of imidazole rings is 1. The third-order valence-electron chi connectivity index (χ3n) is 6.80. The summed E-state index contributed by atoms with van der Waals surface area (Å²) >= 11 is 0. The molecule has 2 aromatic carbocycles. The third kappa shape index (κ3) is 5.41. The van der Waals surface area contributed by atoms with Crippen LogP contribution >= 0.6 is 0 Å². The first-order valence-corrected chi connectivity index (χ1v) is 13.0. The minimum Gasteiger partial charge on any atom is -0.494 e. The van der Waals surface area contributed by atoms with Crippen LogP contribution in [0.15, 0.2) is 54.9 Å². The summed E-state index contributed by atoms with van der Waals surface area (Å²) in [5, 5.41) is 5.85. The molecule has 0 radical (unpaired) electrons. The van der Waals surface area contributed by atoms with Gasteiger partial charge >= 0.3 is 0 Å². The molecule has 0 spiro atoms. The molecule has 0 saturated carbocycles. The first-order chi connectivity index (χ1) is 18.3. The monoisotopic (exact) mass is 517 g/mol. The molecule has 1 atom stereocenters. The van der Waals surface area contributed by atoms with Crippen LogP contribution in [0.4, 0.5) is 0 Å². The molecule has 0 unspecified atom stereocenters. The zero-order valence-corrected chi connectivity index (χ0v) is 22.4. The highest BCUT2D eigenvalue weighted by Crippen LogP contribution is 2.29. The molecule has 1 aliphatic heterocycles. The fourth-order valence-electron chi connectivity index (χ4n) is 4.71. The van der Waals surface area contributed by atoms with Gasteiger partial charge in [-0.25, -0.2) is 4.98 Å². The van der Waals surface area contributed by atoms with Gasteiger partial charge in [-0.15, -0.1) is 0 Å². The van der Waals surface area contributed by atoms with Crippen molar-refractivity contribution in [3.8, 4) is 5.75 Å². The van der Waals surface area contributed by atoms with Crippen molar-refractivity contribution in [2.24, 2.45) is 0 Å². The van der Waals surface area contributed by atoms with Gasteiger partial charge in [0.05, 0.1) is 19.5 Å². The molecule has 3 aromatic rings. The van der Waals surface area contributed by atoms with Gasteiger partial charge in [0.15, 0.2) is 5.69 Å². The van der Waals surface area contributed by atoms with Crippen LogP contribution in [0, 0.1) is 6.92 Å². The summed E-state index contributed by atoms with van der Waals surface area (Å²) in [5.41, 5.74) is 2.06. The van der Waals surface area contributed by atoms with Crippen LogP contribution in [0.1, 0.15) is 64.9 Å². The number of fused-ring (bicyclic) bond motifs is 1.